The van der Waals surface area contributed by atoms with Crippen LogP contribution in [0.3, 0.4) is 0 Å². The van der Waals surface area contributed by atoms with E-state index >= 15 is 0 Å². The Bertz CT molecular complexity index is 1620. The molecule has 1 aromatic heterocycles. The molecular formula is C31H33N3O2SSi. The number of nitrogens with zero attached hydrogens (tertiary/aromatic N) is 3. The van der Waals surface area contributed by atoms with Crippen LogP contribution in [0, 0.1) is 0 Å². The summed E-state index contributed by atoms with van der Waals surface area (Å²) in [6.45, 7) is 6.99. The van der Waals surface area contributed by atoms with Gasteiger partial charge in [-0.2, -0.15) is 0 Å². The second-order valence-corrected chi connectivity index (χ2v) is 18.6. The largest absolute Gasteiger partial charge is 0.234 e. The highest BCUT2D eigenvalue weighted by molar-refractivity contribution is 7.91. The van der Waals surface area contributed by atoms with Crippen LogP contribution < -0.4 is 0 Å². The number of rotatable bonds is 9. The zero-order valence-corrected chi connectivity index (χ0v) is 23.8. The fraction of sp³-hybridized carbons (Fsp3) is 0.226. The van der Waals surface area contributed by atoms with Crippen LogP contribution in [0.25, 0.3) is 11.0 Å². The number of hydrogen-bond acceptors (Lipinski definition) is 4. The van der Waals surface area contributed by atoms with E-state index in [1.54, 1.807) is 24.3 Å². The van der Waals surface area contributed by atoms with Gasteiger partial charge in [-0.1, -0.05) is 116 Å². The Labute approximate surface area is 226 Å². The van der Waals surface area contributed by atoms with E-state index < -0.39 is 29.4 Å². The van der Waals surface area contributed by atoms with Gasteiger partial charge in [-0.05, 0) is 41.4 Å². The summed E-state index contributed by atoms with van der Waals surface area (Å²) in [6, 6.07) is 37.8. The molecule has 0 radical (unpaired) electrons. The van der Waals surface area contributed by atoms with Crippen LogP contribution in [0.1, 0.15) is 17.0 Å². The Morgan fingerprint density at radius 1 is 0.763 bits per heavy atom. The molecule has 0 saturated heterocycles. The minimum absolute atomic E-state index is 0.0609. The van der Waals surface area contributed by atoms with Gasteiger partial charge in [-0.25, -0.2) is 13.1 Å². The molecule has 2 unspecified atom stereocenters. The van der Waals surface area contributed by atoms with Crippen LogP contribution in [0.5, 0.6) is 0 Å². The maximum atomic E-state index is 14.1. The molecule has 5 nitrogen and oxygen atoms in total. The van der Waals surface area contributed by atoms with E-state index in [2.05, 4.69) is 36.9 Å². The monoisotopic (exact) mass is 539 g/mol. The van der Waals surface area contributed by atoms with Crippen molar-refractivity contribution >= 4 is 28.9 Å². The van der Waals surface area contributed by atoms with Crippen molar-refractivity contribution in [3.05, 3.63) is 126 Å². The van der Waals surface area contributed by atoms with Gasteiger partial charge in [0.1, 0.15) is 5.52 Å². The Morgan fingerprint density at radius 3 is 1.95 bits per heavy atom. The second-order valence-electron chi connectivity index (χ2n) is 11.1. The van der Waals surface area contributed by atoms with Crippen LogP contribution in [0.2, 0.25) is 25.7 Å². The van der Waals surface area contributed by atoms with E-state index in [-0.39, 0.29) is 5.75 Å². The molecular weight excluding hydrogens is 507 g/mol. The Balaban J connectivity index is 1.86. The zero-order chi connectivity index (χ0) is 26.8. The highest BCUT2D eigenvalue weighted by Gasteiger charge is 2.49. The molecule has 38 heavy (non-hydrogen) atoms. The number of sulfone groups is 1. The fourth-order valence-electron chi connectivity index (χ4n) is 5.61. The lowest BCUT2D eigenvalue weighted by atomic mass is 9.76. The van der Waals surface area contributed by atoms with E-state index in [1.807, 2.05) is 83.5 Å². The van der Waals surface area contributed by atoms with E-state index in [4.69, 9.17) is 5.21 Å². The van der Waals surface area contributed by atoms with Gasteiger partial charge in [0.15, 0.2) is 9.84 Å². The molecule has 4 aromatic carbocycles. The number of para-hydroxylation sites is 1. The van der Waals surface area contributed by atoms with Gasteiger partial charge in [0.2, 0.25) is 0 Å². The molecule has 194 valence electrons. The summed E-state index contributed by atoms with van der Waals surface area (Å²) >= 11 is 0. The first kappa shape index (κ1) is 26.1. The minimum atomic E-state index is -3.64. The number of aromatic nitrogens is 3. The first-order chi connectivity index (χ1) is 18.2. The molecule has 0 bridgehead atoms. The topological polar surface area (TPSA) is 64.8 Å². The average Bonchev–Trinajstić information content (AvgIpc) is 3.36. The van der Waals surface area contributed by atoms with Crippen molar-refractivity contribution in [2.45, 2.75) is 42.0 Å². The van der Waals surface area contributed by atoms with Crippen molar-refractivity contribution in [3.63, 3.8) is 0 Å². The second kappa shape index (κ2) is 10.3. The summed E-state index contributed by atoms with van der Waals surface area (Å²) in [5.74, 6) is -0.484. The van der Waals surface area contributed by atoms with Crippen LogP contribution in [0.4, 0.5) is 0 Å². The average molecular weight is 540 g/mol. The molecule has 5 aromatic rings. The molecule has 1 heterocycles. The van der Waals surface area contributed by atoms with Crippen LogP contribution in [-0.2, 0) is 15.4 Å². The number of hydrogen-bond donors (Lipinski definition) is 0. The van der Waals surface area contributed by atoms with Gasteiger partial charge in [0.05, 0.1) is 21.7 Å². The third kappa shape index (κ3) is 5.08. The third-order valence-electron chi connectivity index (χ3n) is 7.07. The highest BCUT2D eigenvalue weighted by atomic mass is 32.2. The van der Waals surface area contributed by atoms with Crippen LogP contribution >= 0.6 is 0 Å². The van der Waals surface area contributed by atoms with Crippen molar-refractivity contribution in [2.24, 2.45) is 0 Å². The van der Waals surface area contributed by atoms with Gasteiger partial charge < -0.3 is 0 Å². The first-order valence-corrected chi connectivity index (χ1v) is 18.3. The number of benzene rings is 4. The summed E-state index contributed by atoms with van der Waals surface area (Å²) in [5, 5.41) is 9.32. The van der Waals surface area contributed by atoms with Crippen molar-refractivity contribution < 1.29 is 8.42 Å². The normalized spacial score (nSPS) is 14.7. The van der Waals surface area contributed by atoms with E-state index in [0.717, 1.165) is 28.2 Å². The Morgan fingerprint density at radius 2 is 1.32 bits per heavy atom. The third-order valence-corrected chi connectivity index (χ3v) is 10.4. The molecule has 7 heteroatoms. The van der Waals surface area contributed by atoms with Crippen molar-refractivity contribution in [1.82, 2.24) is 15.0 Å². The summed E-state index contributed by atoms with van der Waals surface area (Å²) < 4.78 is 30.1. The van der Waals surface area contributed by atoms with E-state index in [1.165, 1.54) is 0 Å². The standard InChI is InChI=1S/C31H33N3O2SSi/c1-38(2,3)24-31(26-17-9-5-10-18-26,34-30-22-14-13-21-29(30)32-33-34)28(25-15-7-4-8-16-25)23-37(35,36)27-19-11-6-12-20-27/h4-22,28H,23-24H2,1-3H3. The van der Waals surface area contributed by atoms with E-state index in [0.29, 0.717) is 4.90 Å². The predicted molar refractivity (Wildman–Crippen MR) is 157 cm³/mol. The Hall–Kier alpha value is -3.55. The van der Waals surface area contributed by atoms with Crippen LogP contribution in [-0.4, -0.2) is 37.2 Å². The fourth-order valence-corrected chi connectivity index (χ4v) is 9.50. The van der Waals surface area contributed by atoms with Gasteiger partial charge in [0.25, 0.3) is 0 Å². The predicted octanol–water partition coefficient (Wildman–Crippen LogP) is 6.77. The summed E-state index contributed by atoms with van der Waals surface area (Å²) in [4.78, 5) is 0.333. The lowest BCUT2D eigenvalue weighted by Crippen LogP contribution is -2.49. The summed E-state index contributed by atoms with van der Waals surface area (Å²) in [6.07, 6.45) is 0. The van der Waals surface area contributed by atoms with Gasteiger partial charge in [-0.3, -0.25) is 0 Å². The first-order valence-electron chi connectivity index (χ1n) is 12.9. The molecule has 0 spiro atoms. The van der Waals surface area contributed by atoms with Crippen LogP contribution in [0.15, 0.2) is 120 Å². The minimum Gasteiger partial charge on any atom is -0.234 e. The maximum Gasteiger partial charge on any atom is 0.179 e. The zero-order valence-electron chi connectivity index (χ0n) is 22.0. The molecule has 0 amide bonds. The molecule has 0 aliphatic heterocycles. The lowest BCUT2D eigenvalue weighted by Gasteiger charge is -2.45. The molecule has 0 aliphatic rings. The molecule has 5 rings (SSSR count). The van der Waals surface area contributed by atoms with Crippen molar-refractivity contribution in [2.75, 3.05) is 5.75 Å². The molecule has 0 N–H and O–H groups in total. The lowest BCUT2D eigenvalue weighted by molar-refractivity contribution is 0.299. The van der Waals surface area contributed by atoms with Gasteiger partial charge >= 0.3 is 0 Å². The van der Waals surface area contributed by atoms with E-state index in [9.17, 15) is 8.42 Å². The Kier molecular flexibility index (Phi) is 7.07. The van der Waals surface area contributed by atoms with Gasteiger partial charge in [-0.15, -0.1) is 5.10 Å². The summed E-state index contributed by atoms with van der Waals surface area (Å²) in [7, 11) is -5.50. The SMILES string of the molecule is C[Si](C)(C)CC(c1ccccc1)(C(CS(=O)(=O)c1ccccc1)c1ccccc1)n1nnc2ccccc21. The van der Waals surface area contributed by atoms with Crippen molar-refractivity contribution in [1.29, 1.82) is 0 Å². The highest BCUT2D eigenvalue weighted by Crippen LogP contribution is 2.48. The summed E-state index contributed by atoms with van der Waals surface area (Å²) in [5.41, 5.74) is 2.91. The van der Waals surface area contributed by atoms with Gasteiger partial charge in [0, 0.05) is 14.0 Å². The molecule has 0 aliphatic carbocycles. The number of fused-ring (bicyclic) bond motifs is 1. The molecule has 0 saturated carbocycles. The quantitative estimate of drug-likeness (QED) is 0.194. The molecule has 0 fully saturated rings. The maximum absolute atomic E-state index is 14.1. The smallest absolute Gasteiger partial charge is 0.179 e. The van der Waals surface area contributed by atoms with Crippen molar-refractivity contribution in [3.8, 4) is 0 Å². The molecule has 2 atom stereocenters.